The van der Waals surface area contributed by atoms with Gasteiger partial charge in [-0.3, -0.25) is 4.79 Å². The smallest absolute Gasteiger partial charge is 0.236 e. The lowest BCUT2D eigenvalue weighted by molar-refractivity contribution is -0.113. The number of nitrogens with two attached hydrogens (primary N) is 1. The number of carbonyl (C=O) groups is 1. The first-order valence-electron chi connectivity index (χ1n) is 9.66. The second-order valence-corrected chi connectivity index (χ2v) is 7.69. The zero-order chi connectivity index (χ0) is 24.8. The van der Waals surface area contributed by atoms with E-state index in [1.807, 2.05) is 6.07 Å². The topological polar surface area (TPSA) is 169 Å². The van der Waals surface area contributed by atoms with Gasteiger partial charge in [0.1, 0.15) is 34.3 Å². The molecule has 0 radical (unpaired) electrons. The Morgan fingerprint density at radius 2 is 1.76 bits per heavy atom. The number of amides is 1. The Kier molecular flexibility index (Phi) is 7.46. The summed E-state index contributed by atoms with van der Waals surface area (Å²) in [7, 11) is 4.37. The summed E-state index contributed by atoms with van der Waals surface area (Å²) in [6.07, 6.45) is 0. The average Bonchev–Trinajstić information content (AvgIpc) is 3.25. The number of rotatable bonds is 8. The van der Waals surface area contributed by atoms with Crippen molar-refractivity contribution in [2.24, 2.45) is 0 Å². The standard InChI is InChI=1S/C22H20N6O5S/c1-11-5-17(28-33-11)26-18(29)10-34-22-14(9-24)19(13(8-23)21(25)27-22)12-6-15(30-2)20(32-4)16(7-12)31-3/h5-7H,10H2,1-4H3,(H2,25,27)(H,26,28,29). The van der Waals surface area contributed by atoms with Crippen LogP contribution in [0.3, 0.4) is 0 Å². The van der Waals surface area contributed by atoms with Crippen molar-refractivity contribution in [1.82, 2.24) is 10.1 Å². The molecule has 0 bridgehead atoms. The van der Waals surface area contributed by atoms with Gasteiger partial charge in [-0.15, -0.1) is 0 Å². The van der Waals surface area contributed by atoms with E-state index in [4.69, 9.17) is 24.5 Å². The Morgan fingerprint density at radius 1 is 1.12 bits per heavy atom. The molecule has 11 nitrogen and oxygen atoms in total. The molecule has 3 rings (SSSR count). The molecule has 3 aromatic rings. The van der Waals surface area contributed by atoms with Crippen molar-refractivity contribution >= 4 is 29.3 Å². The number of methoxy groups -OCH3 is 3. The largest absolute Gasteiger partial charge is 0.493 e. The number of aryl methyl sites for hydroxylation is 1. The fourth-order valence-corrected chi connectivity index (χ4v) is 3.95. The van der Waals surface area contributed by atoms with Crippen LogP contribution in [0, 0.1) is 29.6 Å². The highest BCUT2D eigenvalue weighted by Gasteiger charge is 2.24. The monoisotopic (exact) mass is 480 g/mol. The molecule has 0 aliphatic heterocycles. The lowest BCUT2D eigenvalue weighted by Gasteiger charge is -2.17. The fourth-order valence-electron chi connectivity index (χ4n) is 3.15. The maximum atomic E-state index is 12.3. The quantitative estimate of drug-likeness (QED) is 0.454. The number of nitrogens with one attached hydrogen (secondary N) is 1. The van der Waals surface area contributed by atoms with Crippen molar-refractivity contribution in [3.05, 3.63) is 35.1 Å². The van der Waals surface area contributed by atoms with Crippen molar-refractivity contribution in [1.29, 1.82) is 10.5 Å². The number of pyridine rings is 1. The molecule has 0 unspecified atom stereocenters. The molecule has 0 aliphatic carbocycles. The molecular weight excluding hydrogens is 460 g/mol. The third kappa shape index (κ3) is 4.82. The minimum Gasteiger partial charge on any atom is -0.493 e. The van der Waals surface area contributed by atoms with Crippen LogP contribution in [0.4, 0.5) is 11.6 Å². The van der Waals surface area contributed by atoms with Crippen LogP contribution in [0.1, 0.15) is 16.9 Å². The van der Waals surface area contributed by atoms with E-state index in [1.165, 1.54) is 21.3 Å². The lowest BCUT2D eigenvalue weighted by atomic mass is 9.96. The molecule has 2 heterocycles. The lowest BCUT2D eigenvalue weighted by Crippen LogP contribution is -2.14. The number of thioether (sulfide) groups is 1. The molecule has 0 saturated heterocycles. The molecule has 0 spiro atoms. The molecule has 174 valence electrons. The van der Waals surface area contributed by atoms with Gasteiger partial charge in [-0.05, 0) is 24.6 Å². The normalized spacial score (nSPS) is 10.2. The van der Waals surface area contributed by atoms with Crippen LogP contribution in [0.25, 0.3) is 11.1 Å². The number of nitrogens with zero attached hydrogens (tertiary/aromatic N) is 4. The average molecular weight is 481 g/mol. The summed E-state index contributed by atoms with van der Waals surface area (Å²) in [6.45, 7) is 1.70. The molecule has 1 amide bonds. The van der Waals surface area contributed by atoms with Crippen LogP contribution in [0.2, 0.25) is 0 Å². The summed E-state index contributed by atoms with van der Waals surface area (Å²) in [5.41, 5.74) is 6.82. The first-order chi connectivity index (χ1) is 16.4. The molecular formula is C22H20N6O5S. The molecule has 3 N–H and O–H groups in total. The predicted molar refractivity (Wildman–Crippen MR) is 124 cm³/mol. The molecule has 0 saturated carbocycles. The highest BCUT2D eigenvalue weighted by atomic mass is 32.2. The van der Waals surface area contributed by atoms with Crippen molar-refractivity contribution in [3.8, 4) is 40.5 Å². The van der Waals surface area contributed by atoms with Gasteiger partial charge >= 0.3 is 0 Å². The third-order valence-corrected chi connectivity index (χ3v) is 5.58. The summed E-state index contributed by atoms with van der Waals surface area (Å²) >= 11 is 0.995. The van der Waals surface area contributed by atoms with Gasteiger partial charge in [0.05, 0.1) is 32.6 Å². The number of anilines is 2. The second kappa shape index (κ2) is 10.5. The zero-order valence-electron chi connectivity index (χ0n) is 18.8. The molecule has 34 heavy (non-hydrogen) atoms. The first kappa shape index (κ1) is 24.2. The Hall–Kier alpha value is -4.42. The summed E-state index contributed by atoms with van der Waals surface area (Å²) in [6, 6.07) is 8.87. The van der Waals surface area contributed by atoms with Crippen molar-refractivity contribution in [2.45, 2.75) is 11.9 Å². The number of nitriles is 2. The van der Waals surface area contributed by atoms with Gasteiger partial charge in [0.25, 0.3) is 0 Å². The molecule has 1 aromatic carbocycles. The highest BCUT2D eigenvalue weighted by molar-refractivity contribution is 8.00. The molecule has 12 heteroatoms. The maximum absolute atomic E-state index is 12.3. The summed E-state index contributed by atoms with van der Waals surface area (Å²) < 4.78 is 21.1. The number of hydrogen-bond donors (Lipinski definition) is 2. The number of nitrogen functional groups attached to an aromatic ring is 1. The maximum Gasteiger partial charge on any atom is 0.236 e. The second-order valence-electron chi connectivity index (χ2n) is 6.72. The van der Waals surface area contributed by atoms with Gasteiger partial charge in [-0.2, -0.15) is 10.5 Å². The van der Waals surface area contributed by atoms with Gasteiger partial charge in [0.15, 0.2) is 17.3 Å². The molecule has 0 aliphatic rings. The minimum atomic E-state index is -0.388. The SMILES string of the molecule is COc1cc(-c2c(C#N)c(N)nc(SCC(=O)Nc3cc(C)on3)c2C#N)cc(OC)c1OC. The number of carbonyl (C=O) groups excluding carboxylic acids is 1. The fraction of sp³-hybridized carbons (Fsp3) is 0.227. The van der Waals surface area contributed by atoms with Crippen molar-refractivity contribution in [2.75, 3.05) is 38.1 Å². The van der Waals surface area contributed by atoms with Crippen LogP contribution < -0.4 is 25.3 Å². The molecule has 0 atom stereocenters. The Bertz CT molecular complexity index is 1300. The first-order valence-corrected chi connectivity index (χ1v) is 10.6. The van der Waals surface area contributed by atoms with E-state index >= 15 is 0 Å². The van der Waals surface area contributed by atoms with Crippen LogP contribution in [-0.2, 0) is 4.79 Å². The van der Waals surface area contributed by atoms with Crippen molar-refractivity contribution < 1.29 is 23.5 Å². The van der Waals surface area contributed by atoms with E-state index < -0.39 is 0 Å². The molecule has 2 aromatic heterocycles. The van der Waals surface area contributed by atoms with Crippen LogP contribution >= 0.6 is 11.8 Å². The van der Waals surface area contributed by atoms with Gasteiger partial charge in [-0.25, -0.2) is 4.98 Å². The van der Waals surface area contributed by atoms with Gasteiger partial charge in [-0.1, -0.05) is 16.9 Å². The summed E-state index contributed by atoms with van der Waals surface area (Å²) in [5.74, 6) is 1.27. The molecule has 0 fully saturated rings. The Balaban J connectivity index is 2.06. The minimum absolute atomic E-state index is 0.0118. The Morgan fingerprint density at radius 3 is 2.26 bits per heavy atom. The van der Waals surface area contributed by atoms with E-state index in [1.54, 1.807) is 25.1 Å². The van der Waals surface area contributed by atoms with E-state index in [9.17, 15) is 15.3 Å². The highest BCUT2D eigenvalue weighted by Crippen LogP contribution is 2.44. The number of ether oxygens (including phenoxy) is 3. The van der Waals surface area contributed by atoms with Crippen LogP contribution in [-0.4, -0.2) is 43.1 Å². The van der Waals surface area contributed by atoms with Gasteiger partial charge < -0.3 is 29.8 Å². The van der Waals surface area contributed by atoms with E-state index in [0.717, 1.165) is 11.8 Å². The van der Waals surface area contributed by atoms with Crippen LogP contribution in [0.15, 0.2) is 27.7 Å². The van der Waals surface area contributed by atoms with E-state index in [-0.39, 0.29) is 45.0 Å². The summed E-state index contributed by atoms with van der Waals surface area (Å²) in [5, 5.41) is 26.2. The Labute approximate surface area is 199 Å². The predicted octanol–water partition coefficient (Wildman–Crippen LogP) is 3.13. The van der Waals surface area contributed by atoms with Gasteiger partial charge in [0.2, 0.25) is 11.7 Å². The number of aromatic nitrogens is 2. The van der Waals surface area contributed by atoms with Crippen molar-refractivity contribution in [3.63, 3.8) is 0 Å². The van der Waals surface area contributed by atoms with Gasteiger partial charge in [0, 0.05) is 11.6 Å². The summed E-state index contributed by atoms with van der Waals surface area (Å²) in [4.78, 5) is 16.5. The van der Waals surface area contributed by atoms with E-state index in [2.05, 4.69) is 21.5 Å². The third-order valence-electron chi connectivity index (χ3n) is 4.60. The van der Waals surface area contributed by atoms with Crippen LogP contribution in [0.5, 0.6) is 17.2 Å². The number of hydrogen-bond acceptors (Lipinski definition) is 11. The van der Waals surface area contributed by atoms with E-state index in [0.29, 0.717) is 28.6 Å². The number of benzene rings is 1. The zero-order valence-corrected chi connectivity index (χ0v) is 19.6.